The van der Waals surface area contributed by atoms with E-state index in [4.69, 9.17) is 0 Å². The molecule has 0 saturated carbocycles. The van der Waals surface area contributed by atoms with Crippen LogP contribution >= 0.6 is 0 Å². The quantitative estimate of drug-likeness (QED) is 0.788. The number of rotatable bonds is 2. The molecule has 1 atom stereocenters. The molecule has 3 heterocycles. The Morgan fingerprint density at radius 3 is 2.83 bits per heavy atom. The van der Waals surface area contributed by atoms with Crippen molar-refractivity contribution in [2.75, 3.05) is 18.0 Å². The first-order valence-corrected chi connectivity index (χ1v) is 7.82. The van der Waals surface area contributed by atoms with Gasteiger partial charge in [-0.2, -0.15) is 0 Å². The third-order valence-electron chi connectivity index (χ3n) is 4.31. The summed E-state index contributed by atoms with van der Waals surface area (Å²) in [6.45, 7) is 3.40. The van der Waals surface area contributed by atoms with Crippen molar-refractivity contribution in [3.8, 4) is 11.1 Å². The Hall–Kier alpha value is -2.53. The number of hydrogen-bond acceptors (Lipinski definition) is 5. The largest absolute Gasteiger partial charge is 0.391 e. The highest BCUT2D eigenvalue weighted by Gasteiger charge is 2.22. The molecule has 2 aromatic heterocycles. The maximum atomic E-state index is 9.66. The van der Waals surface area contributed by atoms with Gasteiger partial charge in [0.05, 0.1) is 17.3 Å². The van der Waals surface area contributed by atoms with Gasteiger partial charge in [-0.1, -0.05) is 18.2 Å². The predicted molar refractivity (Wildman–Crippen MR) is 90.3 cm³/mol. The molecule has 1 N–H and O–H groups in total. The van der Waals surface area contributed by atoms with Crippen LogP contribution in [0.5, 0.6) is 0 Å². The van der Waals surface area contributed by atoms with Gasteiger partial charge in [0, 0.05) is 42.0 Å². The highest BCUT2D eigenvalue weighted by molar-refractivity contribution is 5.83. The minimum Gasteiger partial charge on any atom is -0.391 e. The number of pyridine rings is 1. The van der Waals surface area contributed by atoms with E-state index in [-0.39, 0.29) is 6.10 Å². The van der Waals surface area contributed by atoms with Gasteiger partial charge in [-0.25, -0.2) is 9.97 Å². The second kappa shape index (κ2) is 5.59. The Balaban J connectivity index is 1.70. The maximum Gasteiger partial charge on any atom is 0.225 e. The summed E-state index contributed by atoms with van der Waals surface area (Å²) >= 11 is 0. The number of aliphatic hydroxyl groups excluding tert-OH is 1. The molecule has 0 spiro atoms. The molecule has 0 bridgehead atoms. The van der Waals surface area contributed by atoms with Gasteiger partial charge in [0.25, 0.3) is 0 Å². The van der Waals surface area contributed by atoms with Crippen LogP contribution in [0, 0.1) is 6.92 Å². The molecule has 0 amide bonds. The molecule has 5 nitrogen and oxygen atoms in total. The number of anilines is 1. The fourth-order valence-corrected chi connectivity index (χ4v) is 3.03. The van der Waals surface area contributed by atoms with Crippen molar-refractivity contribution >= 4 is 16.9 Å². The average Bonchev–Trinajstić information content (AvgIpc) is 3.01. The molecule has 0 radical (unpaired) electrons. The number of benzene rings is 1. The van der Waals surface area contributed by atoms with Gasteiger partial charge >= 0.3 is 0 Å². The number of para-hydroxylation sites is 1. The van der Waals surface area contributed by atoms with Crippen LogP contribution in [0.4, 0.5) is 5.95 Å². The second-order valence-corrected chi connectivity index (χ2v) is 5.97. The number of nitrogens with zero attached hydrogens (tertiary/aromatic N) is 4. The van der Waals surface area contributed by atoms with Gasteiger partial charge in [0.1, 0.15) is 0 Å². The fourth-order valence-electron chi connectivity index (χ4n) is 3.03. The molecule has 23 heavy (non-hydrogen) atoms. The minimum atomic E-state index is -0.275. The SMILES string of the molecule is Cc1nc(N2CC[C@@H](O)C2)ncc1-c1cnc2ccccc2c1. The highest BCUT2D eigenvalue weighted by Crippen LogP contribution is 2.26. The van der Waals surface area contributed by atoms with E-state index in [1.54, 1.807) is 0 Å². The fraction of sp³-hybridized carbons (Fsp3) is 0.278. The van der Waals surface area contributed by atoms with Crippen molar-refractivity contribution in [3.63, 3.8) is 0 Å². The van der Waals surface area contributed by atoms with Gasteiger partial charge < -0.3 is 10.0 Å². The maximum absolute atomic E-state index is 9.66. The summed E-state index contributed by atoms with van der Waals surface area (Å²) < 4.78 is 0. The summed E-state index contributed by atoms with van der Waals surface area (Å²) in [6.07, 6.45) is 4.23. The molecular weight excluding hydrogens is 288 g/mol. The summed E-state index contributed by atoms with van der Waals surface area (Å²) in [6, 6.07) is 10.2. The first-order valence-electron chi connectivity index (χ1n) is 7.82. The Bertz CT molecular complexity index is 865. The average molecular weight is 306 g/mol. The van der Waals surface area contributed by atoms with Crippen LogP contribution in [0.2, 0.25) is 0 Å². The van der Waals surface area contributed by atoms with E-state index in [1.807, 2.05) is 42.4 Å². The van der Waals surface area contributed by atoms with Gasteiger partial charge in [-0.15, -0.1) is 0 Å². The Morgan fingerprint density at radius 2 is 2.04 bits per heavy atom. The van der Waals surface area contributed by atoms with Gasteiger partial charge in [-0.3, -0.25) is 4.98 Å². The van der Waals surface area contributed by atoms with Gasteiger partial charge in [-0.05, 0) is 25.5 Å². The van der Waals surface area contributed by atoms with E-state index < -0.39 is 0 Å². The van der Waals surface area contributed by atoms with Crippen molar-refractivity contribution in [1.82, 2.24) is 15.0 Å². The molecule has 0 unspecified atom stereocenters. The standard InChI is InChI=1S/C18H18N4O/c1-12-16(10-20-18(21-12)22-7-6-15(23)11-22)14-8-13-4-2-3-5-17(13)19-9-14/h2-5,8-10,15,23H,6-7,11H2,1H3/t15-/m1/s1. The number of β-amino-alcohol motifs (C(OH)–C–C–N with tert-alkyl or cyclic N) is 1. The van der Waals surface area contributed by atoms with E-state index in [0.717, 1.165) is 40.7 Å². The van der Waals surface area contributed by atoms with Crippen molar-refractivity contribution < 1.29 is 5.11 Å². The Kier molecular flexibility index (Phi) is 3.42. The third-order valence-corrected chi connectivity index (χ3v) is 4.31. The number of aromatic nitrogens is 3. The first kappa shape index (κ1) is 14.1. The minimum absolute atomic E-state index is 0.275. The van der Waals surface area contributed by atoms with Crippen molar-refractivity contribution in [2.24, 2.45) is 0 Å². The van der Waals surface area contributed by atoms with Crippen LogP contribution in [0.3, 0.4) is 0 Å². The molecule has 0 aliphatic carbocycles. The molecule has 1 fully saturated rings. The second-order valence-electron chi connectivity index (χ2n) is 5.97. The van der Waals surface area contributed by atoms with Crippen LogP contribution in [0.15, 0.2) is 42.7 Å². The number of aliphatic hydroxyl groups is 1. The van der Waals surface area contributed by atoms with Crippen LogP contribution < -0.4 is 4.90 Å². The molecule has 1 aliphatic heterocycles. The summed E-state index contributed by atoms with van der Waals surface area (Å²) in [5, 5.41) is 10.8. The molecule has 1 aromatic carbocycles. The lowest BCUT2D eigenvalue weighted by atomic mass is 10.1. The lowest BCUT2D eigenvalue weighted by molar-refractivity contribution is 0.198. The number of fused-ring (bicyclic) bond motifs is 1. The zero-order chi connectivity index (χ0) is 15.8. The summed E-state index contributed by atoms with van der Waals surface area (Å²) in [5.41, 5.74) is 3.92. The lowest BCUT2D eigenvalue weighted by Gasteiger charge is -2.16. The zero-order valence-corrected chi connectivity index (χ0v) is 13.0. The Morgan fingerprint density at radius 1 is 1.17 bits per heavy atom. The molecular formula is C18H18N4O. The molecule has 4 rings (SSSR count). The third kappa shape index (κ3) is 2.64. The summed E-state index contributed by atoms with van der Waals surface area (Å²) in [4.78, 5) is 15.6. The van der Waals surface area contributed by atoms with E-state index >= 15 is 0 Å². The monoisotopic (exact) mass is 306 g/mol. The molecule has 3 aromatic rings. The predicted octanol–water partition coefficient (Wildman–Crippen LogP) is 2.57. The molecule has 5 heteroatoms. The summed E-state index contributed by atoms with van der Waals surface area (Å²) in [5.74, 6) is 0.691. The topological polar surface area (TPSA) is 62.1 Å². The van der Waals surface area contributed by atoms with E-state index in [1.165, 1.54) is 0 Å². The molecule has 1 saturated heterocycles. The number of aryl methyl sites for hydroxylation is 1. The summed E-state index contributed by atoms with van der Waals surface area (Å²) in [7, 11) is 0. The van der Waals surface area contributed by atoms with Crippen molar-refractivity contribution in [1.29, 1.82) is 0 Å². The molecule has 1 aliphatic rings. The number of hydrogen-bond donors (Lipinski definition) is 1. The first-order chi connectivity index (χ1) is 11.2. The van der Waals surface area contributed by atoms with Crippen molar-refractivity contribution in [2.45, 2.75) is 19.4 Å². The smallest absolute Gasteiger partial charge is 0.225 e. The molecule has 116 valence electrons. The van der Waals surface area contributed by atoms with Crippen LogP contribution in [0.1, 0.15) is 12.1 Å². The normalized spacial score (nSPS) is 17.8. The van der Waals surface area contributed by atoms with E-state index in [0.29, 0.717) is 12.5 Å². The van der Waals surface area contributed by atoms with Crippen LogP contribution in [-0.4, -0.2) is 39.3 Å². The van der Waals surface area contributed by atoms with E-state index in [2.05, 4.69) is 27.1 Å². The van der Waals surface area contributed by atoms with Crippen molar-refractivity contribution in [3.05, 3.63) is 48.4 Å². The Labute approximate surface area is 134 Å². The highest BCUT2D eigenvalue weighted by atomic mass is 16.3. The van der Waals surface area contributed by atoms with E-state index in [9.17, 15) is 5.11 Å². The van der Waals surface area contributed by atoms with Crippen LogP contribution in [0.25, 0.3) is 22.0 Å². The lowest BCUT2D eigenvalue weighted by Crippen LogP contribution is -2.23. The van der Waals surface area contributed by atoms with Gasteiger partial charge in [0.2, 0.25) is 5.95 Å². The van der Waals surface area contributed by atoms with Gasteiger partial charge in [0.15, 0.2) is 0 Å². The zero-order valence-electron chi connectivity index (χ0n) is 13.0. The van der Waals surface area contributed by atoms with Crippen LogP contribution in [-0.2, 0) is 0 Å².